The van der Waals surface area contributed by atoms with Gasteiger partial charge in [0, 0.05) is 0 Å². The van der Waals surface area contributed by atoms with Crippen LogP contribution < -0.4 is 10.1 Å². The largest absolute Gasteiger partial charge is 0.733 e. The highest BCUT2D eigenvalue weighted by molar-refractivity contribution is 7.86. The zero-order valence-corrected chi connectivity index (χ0v) is 11.7. The molecule has 0 radical (unpaired) electrons. The van der Waals surface area contributed by atoms with Gasteiger partial charge in [-0.3, -0.25) is 9.39 Å². The Bertz CT molecular complexity index is 639. The smallest absolute Gasteiger partial charge is 0.297 e. The van der Waals surface area contributed by atoms with Crippen molar-refractivity contribution in [3.05, 3.63) is 29.5 Å². The van der Waals surface area contributed by atoms with Crippen molar-refractivity contribution in [3.8, 4) is 0 Å². The minimum Gasteiger partial charge on any atom is -0.733 e. The van der Waals surface area contributed by atoms with Crippen LogP contribution in [0.3, 0.4) is 0 Å². The topological polar surface area (TPSA) is 140 Å². The molecule has 0 aliphatic heterocycles. The SMILES string of the molecule is N=[N+]=N[C@@H]1CCC[C@H]1OS(=O)(=O)c1ccc(N([O-])O)cc1. The summed E-state index contributed by atoms with van der Waals surface area (Å²) in [4.78, 5) is 2.81. The van der Waals surface area contributed by atoms with Crippen LogP contribution >= 0.6 is 0 Å². The van der Waals surface area contributed by atoms with Gasteiger partial charge in [0.05, 0.1) is 10.6 Å². The third kappa shape index (κ3) is 3.63. The van der Waals surface area contributed by atoms with Gasteiger partial charge in [0.1, 0.15) is 16.7 Å². The monoisotopic (exact) mass is 314 g/mol. The lowest BCUT2D eigenvalue weighted by Crippen LogP contribution is -2.25. The molecule has 21 heavy (non-hydrogen) atoms. The van der Waals surface area contributed by atoms with E-state index in [0.29, 0.717) is 12.8 Å². The minimum atomic E-state index is -4.00. The van der Waals surface area contributed by atoms with Crippen molar-refractivity contribution < 1.29 is 17.8 Å². The third-order valence-corrected chi connectivity index (χ3v) is 4.57. The fraction of sp³-hybridized carbons (Fsp3) is 0.455. The maximum absolute atomic E-state index is 12.1. The second-order valence-electron chi connectivity index (χ2n) is 4.57. The standard InChI is InChI=1S/C11H14N4O5S/c12-14-13-10-2-1-3-11(10)20-21(18,19)9-6-4-8(5-7-9)15(16)17/h4-7,10-12,16H,1-3H2/t10-,11-/m1/s1. The number of nitrogens with zero attached hydrogens (tertiary/aromatic N) is 3. The summed E-state index contributed by atoms with van der Waals surface area (Å²) in [6.45, 7) is 0. The van der Waals surface area contributed by atoms with E-state index >= 15 is 0 Å². The quantitative estimate of drug-likeness (QED) is 0.365. The zero-order valence-electron chi connectivity index (χ0n) is 10.9. The van der Waals surface area contributed by atoms with Crippen LogP contribution in [0.2, 0.25) is 0 Å². The van der Waals surface area contributed by atoms with Gasteiger partial charge in [-0.2, -0.15) is 8.42 Å². The predicted molar refractivity (Wildman–Crippen MR) is 71.1 cm³/mol. The highest BCUT2D eigenvalue weighted by Crippen LogP contribution is 2.28. The first-order chi connectivity index (χ1) is 9.94. The summed E-state index contributed by atoms with van der Waals surface area (Å²) in [7, 11) is -4.00. The van der Waals surface area contributed by atoms with Crippen LogP contribution in [0.25, 0.3) is 0 Å². The maximum atomic E-state index is 12.1. The van der Waals surface area contributed by atoms with E-state index in [-0.39, 0.29) is 15.8 Å². The van der Waals surface area contributed by atoms with E-state index in [1.54, 1.807) is 0 Å². The fourth-order valence-corrected chi connectivity index (χ4v) is 3.31. The highest BCUT2D eigenvalue weighted by atomic mass is 32.2. The van der Waals surface area contributed by atoms with E-state index in [2.05, 4.69) is 10.0 Å². The van der Waals surface area contributed by atoms with Gasteiger partial charge < -0.3 is 10.4 Å². The fourth-order valence-electron chi connectivity index (χ4n) is 2.18. The number of anilines is 1. The molecule has 1 aliphatic rings. The molecule has 1 fully saturated rings. The molecule has 2 rings (SSSR count). The summed E-state index contributed by atoms with van der Waals surface area (Å²) in [6.07, 6.45) is 1.25. The van der Waals surface area contributed by atoms with Crippen molar-refractivity contribution >= 4 is 15.8 Å². The van der Waals surface area contributed by atoms with Crippen molar-refractivity contribution in [3.63, 3.8) is 0 Å². The number of hydrogen-bond acceptors (Lipinski definition) is 8. The molecular weight excluding hydrogens is 300 g/mol. The second-order valence-corrected chi connectivity index (χ2v) is 6.14. The van der Waals surface area contributed by atoms with E-state index in [0.717, 1.165) is 6.42 Å². The van der Waals surface area contributed by atoms with Gasteiger partial charge in [0.25, 0.3) is 10.1 Å². The van der Waals surface area contributed by atoms with Crippen molar-refractivity contribution in [1.29, 1.82) is 5.53 Å². The molecule has 0 spiro atoms. The number of hydrogen-bond donors (Lipinski definition) is 2. The van der Waals surface area contributed by atoms with Gasteiger partial charge in [0.15, 0.2) is 6.04 Å². The average Bonchev–Trinajstić information content (AvgIpc) is 2.86. The van der Waals surface area contributed by atoms with Crippen molar-refractivity contribution in [2.45, 2.75) is 36.3 Å². The van der Waals surface area contributed by atoms with E-state index in [4.69, 9.17) is 14.9 Å². The summed E-state index contributed by atoms with van der Waals surface area (Å²) in [6, 6.07) is 4.23. The molecule has 0 amide bonds. The van der Waals surface area contributed by atoms with Crippen LogP contribution in [0.5, 0.6) is 0 Å². The number of nitrogens with one attached hydrogen (secondary N) is 1. The third-order valence-electron chi connectivity index (χ3n) is 3.22. The Labute approximate surface area is 121 Å². The molecule has 0 saturated heterocycles. The summed E-state index contributed by atoms with van der Waals surface area (Å²) in [5.74, 6) is 0. The molecule has 1 aromatic rings. The first-order valence-electron chi connectivity index (χ1n) is 6.20. The molecule has 0 bridgehead atoms. The lowest BCUT2D eigenvalue weighted by Gasteiger charge is -2.21. The Morgan fingerprint density at radius 2 is 2.05 bits per heavy atom. The number of benzene rings is 1. The molecule has 0 unspecified atom stereocenters. The van der Waals surface area contributed by atoms with Gasteiger partial charge in [-0.15, -0.1) is 0 Å². The Morgan fingerprint density at radius 3 is 2.62 bits per heavy atom. The predicted octanol–water partition coefficient (Wildman–Crippen LogP) is 1.56. The minimum absolute atomic E-state index is 0.0873. The summed E-state index contributed by atoms with van der Waals surface area (Å²) in [5.41, 5.74) is 6.62. The van der Waals surface area contributed by atoms with Crippen LogP contribution in [0.4, 0.5) is 5.69 Å². The summed E-state index contributed by atoms with van der Waals surface area (Å²) < 4.78 is 29.4. The van der Waals surface area contributed by atoms with Gasteiger partial charge in [-0.1, -0.05) is 0 Å². The van der Waals surface area contributed by atoms with Gasteiger partial charge in [-0.05, 0) is 43.5 Å². The molecule has 0 aromatic heterocycles. The molecule has 0 heterocycles. The molecule has 1 aliphatic carbocycles. The van der Waals surface area contributed by atoms with E-state index in [9.17, 15) is 13.6 Å². The van der Waals surface area contributed by atoms with Crippen molar-refractivity contribution in [1.82, 2.24) is 4.91 Å². The molecule has 1 saturated carbocycles. The first-order valence-corrected chi connectivity index (χ1v) is 7.61. The van der Waals surface area contributed by atoms with Crippen LogP contribution in [0, 0.1) is 10.7 Å². The Hall–Kier alpha value is -1.84. The Balaban J connectivity index is 2.16. The lowest BCUT2D eigenvalue weighted by molar-refractivity contribution is 0.196. The van der Waals surface area contributed by atoms with Crippen LogP contribution in [-0.2, 0) is 14.3 Å². The van der Waals surface area contributed by atoms with Crippen molar-refractivity contribution in [2.75, 3.05) is 5.23 Å². The van der Waals surface area contributed by atoms with E-state index in [1.165, 1.54) is 24.3 Å². The van der Waals surface area contributed by atoms with Crippen LogP contribution in [0.1, 0.15) is 19.3 Å². The molecule has 2 N–H and O–H groups in total. The van der Waals surface area contributed by atoms with Gasteiger partial charge in [-0.25, -0.2) is 0 Å². The Morgan fingerprint density at radius 1 is 1.38 bits per heavy atom. The lowest BCUT2D eigenvalue weighted by atomic mass is 10.2. The number of rotatable bonds is 5. The normalized spacial score (nSPS) is 21.8. The van der Waals surface area contributed by atoms with Crippen LogP contribution in [-0.4, -0.2) is 25.8 Å². The van der Waals surface area contributed by atoms with E-state index < -0.39 is 22.3 Å². The first kappa shape index (κ1) is 15.5. The Kier molecular flexibility index (Phi) is 4.66. The van der Waals surface area contributed by atoms with Gasteiger partial charge >= 0.3 is 0 Å². The molecule has 10 heteroatoms. The summed E-state index contributed by atoms with van der Waals surface area (Å²) in [5, 5.41) is 22.6. The maximum Gasteiger partial charge on any atom is 0.297 e. The molecule has 1 aromatic carbocycles. The molecule has 9 nitrogen and oxygen atoms in total. The van der Waals surface area contributed by atoms with Gasteiger partial charge in [0.2, 0.25) is 4.91 Å². The zero-order chi connectivity index (χ0) is 15.5. The molecule has 114 valence electrons. The average molecular weight is 314 g/mol. The molecule has 2 atom stereocenters. The second kappa shape index (κ2) is 6.29. The van der Waals surface area contributed by atoms with Crippen LogP contribution in [0.15, 0.2) is 34.3 Å². The molecular formula is C11H14N4O5S. The van der Waals surface area contributed by atoms with Crippen molar-refractivity contribution in [2.24, 2.45) is 5.11 Å². The summed E-state index contributed by atoms with van der Waals surface area (Å²) >= 11 is 0. The van der Waals surface area contributed by atoms with E-state index in [1.807, 2.05) is 0 Å². The highest BCUT2D eigenvalue weighted by Gasteiger charge is 2.36.